The van der Waals surface area contributed by atoms with Crippen LogP contribution >= 0.6 is 0 Å². The molecule has 2 aromatic rings. The van der Waals surface area contributed by atoms with E-state index in [0.29, 0.717) is 17.7 Å². The van der Waals surface area contributed by atoms with Gasteiger partial charge in [-0.15, -0.1) is 0 Å². The van der Waals surface area contributed by atoms with Gasteiger partial charge in [0.15, 0.2) is 0 Å². The number of carbonyl (C=O) groups excluding carboxylic acids is 1. The fourth-order valence-corrected chi connectivity index (χ4v) is 4.18. The average Bonchev–Trinajstić information content (AvgIpc) is 2.66. The van der Waals surface area contributed by atoms with Crippen molar-refractivity contribution in [2.45, 2.75) is 38.1 Å². The van der Waals surface area contributed by atoms with Crippen molar-refractivity contribution >= 4 is 16.0 Å². The zero-order chi connectivity index (χ0) is 20.9. The van der Waals surface area contributed by atoms with E-state index in [1.54, 1.807) is 32.2 Å². The third-order valence-electron chi connectivity index (χ3n) is 4.45. The Morgan fingerprint density at radius 2 is 1.71 bits per heavy atom. The molecule has 0 radical (unpaired) electrons. The third kappa shape index (κ3) is 5.33. The number of benzene rings is 2. The first-order valence-electron chi connectivity index (χ1n) is 9.03. The quantitative estimate of drug-likeness (QED) is 0.675. The van der Waals surface area contributed by atoms with Gasteiger partial charge in [0.2, 0.25) is 10.0 Å². The lowest BCUT2D eigenvalue weighted by Crippen LogP contribution is -2.30. The summed E-state index contributed by atoms with van der Waals surface area (Å²) >= 11 is 0. The predicted molar refractivity (Wildman–Crippen MR) is 108 cm³/mol. The summed E-state index contributed by atoms with van der Waals surface area (Å²) in [4.78, 5) is 11.9. The van der Waals surface area contributed by atoms with Gasteiger partial charge in [-0.05, 0) is 54.7 Å². The largest absolute Gasteiger partial charge is 0.497 e. The highest BCUT2D eigenvalue weighted by Crippen LogP contribution is 2.26. The molecule has 6 nitrogen and oxygen atoms in total. The molecule has 0 bridgehead atoms. The third-order valence-corrected chi connectivity index (χ3v) is 5.92. The van der Waals surface area contributed by atoms with Crippen molar-refractivity contribution in [1.29, 1.82) is 0 Å². The molecular weight excluding hydrogens is 378 g/mol. The van der Waals surface area contributed by atoms with Gasteiger partial charge in [-0.2, -0.15) is 0 Å². The Balaban J connectivity index is 2.38. The molecule has 0 spiro atoms. The Bertz CT molecular complexity index is 920. The fraction of sp³-hybridized carbons (Fsp3) is 0.381. The molecule has 0 heterocycles. The average molecular weight is 406 g/mol. The van der Waals surface area contributed by atoms with Gasteiger partial charge in [-0.25, -0.2) is 17.9 Å². The summed E-state index contributed by atoms with van der Waals surface area (Å²) in [6.45, 7) is 5.80. The Morgan fingerprint density at radius 3 is 2.25 bits per heavy atom. The van der Waals surface area contributed by atoms with Crippen LogP contribution in [0.3, 0.4) is 0 Å². The first kappa shape index (κ1) is 21.9. The smallest absolute Gasteiger partial charge is 0.338 e. The van der Waals surface area contributed by atoms with Crippen molar-refractivity contribution in [3.8, 4) is 5.75 Å². The fourth-order valence-electron chi connectivity index (χ4n) is 2.91. The van der Waals surface area contributed by atoms with Gasteiger partial charge in [0.05, 0.1) is 24.7 Å². The summed E-state index contributed by atoms with van der Waals surface area (Å²) in [7, 11) is -0.989. The molecule has 0 saturated heterocycles. The number of nitrogens with one attached hydrogen (secondary N) is 1. The first-order valence-corrected chi connectivity index (χ1v) is 10.5. The summed E-state index contributed by atoms with van der Waals surface area (Å²) in [5.41, 5.74) is 1.73. The molecule has 7 heteroatoms. The number of hydrogen-bond donors (Lipinski definition) is 1. The molecule has 0 amide bonds. The Labute approximate surface area is 166 Å². The van der Waals surface area contributed by atoms with Gasteiger partial charge in [0.25, 0.3) is 0 Å². The van der Waals surface area contributed by atoms with Gasteiger partial charge < -0.3 is 9.47 Å². The molecule has 1 atom stereocenters. The molecule has 2 rings (SSSR count). The van der Waals surface area contributed by atoms with E-state index in [1.165, 1.54) is 19.2 Å². The minimum absolute atomic E-state index is 0.0285. The van der Waals surface area contributed by atoms with E-state index in [0.717, 1.165) is 5.56 Å². The van der Waals surface area contributed by atoms with Crippen molar-refractivity contribution < 1.29 is 22.7 Å². The van der Waals surface area contributed by atoms with E-state index in [4.69, 9.17) is 9.47 Å². The van der Waals surface area contributed by atoms with E-state index in [-0.39, 0.29) is 16.4 Å². The highest BCUT2D eigenvalue weighted by molar-refractivity contribution is 7.89. The van der Waals surface area contributed by atoms with Gasteiger partial charge in [-0.1, -0.05) is 32.0 Å². The van der Waals surface area contributed by atoms with Crippen LogP contribution in [0.4, 0.5) is 0 Å². The van der Waals surface area contributed by atoms with Crippen LogP contribution in [0.2, 0.25) is 0 Å². The first-order chi connectivity index (χ1) is 13.2. The maximum Gasteiger partial charge on any atom is 0.338 e. The van der Waals surface area contributed by atoms with E-state index < -0.39 is 22.0 Å². The Morgan fingerprint density at radius 1 is 1.07 bits per heavy atom. The van der Waals surface area contributed by atoms with Crippen molar-refractivity contribution in [3.05, 3.63) is 59.2 Å². The lowest BCUT2D eigenvalue weighted by Gasteiger charge is -2.21. The molecule has 2 aromatic carbocycles. The lowest BCUT2D eigenvalue weighted by atomic mass is 9.98. The summed E-state index contributed by atoms with van der Waals surface area (Å²) in [6.07, 6.45) is 0.626. The van der Waals surface area contributed by atoms with E-state index in [1.807, 2.05) is 26.0 Å². The molecular formula is C21H27NO5S. The number of ether oxygens (including phenoxy) is 2. The van der Waals surface area contributed by atoms with Crippen LogP contribution in [0.5, 0.6) is 5.75 Å². The maximum atomic E-state index is 13.0. The molecule has 28 heavy (non-hydrogen) atoms. The molecule has 0 unspecified atom stereocenters. The second-order valence-corrected chi connectivity index (χ2v) is 8.76. The Hall–Kier alpha value is -2.38. The minimum Gasteiger partial charge on any atom is -0.497 e. The van der Waals surface area contributed by atoms with Gasteiger partial charge in [0, 0.05) is 6.04 Å². The van der Waals surface area contributed by atoms with Crippen LogP contribution in [0.1, 0.15) is 47.8 Å². The summed E-state index contributed by atoms with van der Waals surface area (Å²) in [5, 5.41) is 0. The molecule has 0 fully saturated rings. The predicted octanol–water partition coefficient (Wildman–Crippen LogP) is 3.86. The van der Waals surface area contributed by atoms with Gasteiger partial charge >= 0.3 is 5.97 Å². The van der Waals surface area contributed by atoms with Gasteiger partial charge in [0.1, 0.15) is 5.75 Å². The number of carbonyl (C=O) groups is 1. The number of rotatable bonds is 8. The molecule has 0 aromatic heterocycles. The van der Waals surface area contributed by atoms with Crippen LogP contribution in [0.15, 0.2) is 47.4 Å². The Kier molecular flexibility index (Phi) is 7.21. The molecule has 0 saturated carbocycles. The van der Waals surface area contributed by atoms with E-state index >= 15 is 0 Å². The van der Waals surface area contributed by atoms with Crippen LogP contribution < -0.4 is 9.46 Å². The highest BCUT2D eigenvalue weighted by atomic mass is 32.2. The second-order valence-electron chi connectivity index (χ2n) is 7.04. The van der Waals surface area contributed by atoms with Gasteiger partial charge in [-0.3, -0.25) is 0 Å². The number of sulfonamides is 1. The molecule has 0 aliphatic rings. The van der Waals surface area contributed by atoms with E-state index in [2.05, 4.69) is 4.72 Å². The van der Waals surface area contributed by atoms with Crippen LogP contribution in [-0.2, 0) is 14.8 Å². The minimum atomic E-state index is -3.84. The molecule has 0 aliphatic carbocycles. The summed E-state index contributed by atoms with van der Waals surface area (Å²) < 4.78 is 38.7. The monoisotopic (exact) mass is 405 g/mol. The molecule has 152 valence electrons. The van der Waals surface area contributed by atoms with Crippen LogP contribution in [0, 0.1) is 12.8 Å². The van der Waals surface area contributed by atoms with Crippen molar-refractivity contribution in [2.75, 3.05) is 14.2 Å². The summed E-state index contributed by atoms with van der Waals surface area (Å²) in [5.74, 6) is 0.415. The van der Waals surface area contributed by atoms with Crippen molar-refractivity contribution in [1.82, 2.24) is 4.72 Å². The topological polar surface area (TPSA) is 81.7 Å². The number of aryl methyl sites for hydroxylation is 1. The van der Waals surface area contributed by atoms with Crippen molar-refractivity contribution in [3.63, 3.8) is 0 Å². The number of methoxy groups -OCH3 is 2. The normalized spacial score (nSPS) is 12.6. The van der Waals surface area contributed by atoms with Crippen molar-refractivity contribution in [2.24, 2.45) is 5.92 Å². The zero-order valence-electron chi connectivity index (χ0n) is 16.9. The standard InChI is InChI=1S/C21H27NO5S/c1-14(2)12-20(16-7-9-17(26-4)10-8-16)22-28(24,25)18-11-6-15(3)19(13-18)21(23)27-5/h6-11,13-14,20,22H,12H2,1-5H3/t20-/m1/s1. The SMILES string of the molecule is COC(=O)c1cc(S(=O)(=O)N[C@H](CC(C)C)c2ccc(OC)cc2)ccc1C. The number of hydrogen-bond acceptors (Lipinski definition) is 5. The lowest BCUT2D eigenvalue weighted by molar-refractivity contribution is 0.0599. The van der Waals surface area contributed by atoms with Crippen LogP contribution in [0.25, 0.3) is 0 Å². The van der Waals surface area contributed by atoms with Crippen LogP contribution in [-0.4, -0.2) is 28.6 Å². The maximum absolute atomic E-state index is 13.0. The second kappa shape index (κ2) is 9.21. The highest BCUT2D eigenvalue weighted by Gasteiger charge is 2.24. The molecule has 0 aliphatic heterocycles. The number of esters is 1. The molecule has 1 N–H and O–H groups in total. The summed E-state index contributed by atoms with van der Waals surface area (Å²) in [6, 6.07) is 11.3. The van der Waals surface area contributed by atoms with E-state index in [9.17, 15) is 13.2 Å². The zero-order valence-corrected chi connectivity index (χ0v) is 17.7.